The molecular formula is C34H36ClFN2O4S2. The number of nitrogens with zero attached hydrogens (tertiary/aromatic N) is 2. The van der Waals surface area contributed by atoms with Crippen molar-refractivity contribution in [3.05, 3.63) is 92.6 Å². The Labute approximate surface area is 268 Å². The van der Waals surface area contributed by atoms with Crippen molar-refractivity contribution in [3.8, 4) is 29.4 Å². The number of terminal acetylenes is 1. The Balaban J connectivity index is 0.000000339. The molecule has 6 nitrogen and oxygen atoms in total. The second-order valence-electron chi connectivity index (χ2n) is 11.0. The quantitative estimate of drug-likeness (QED) is 0.144. The number of ether oxygens (including phenoxy) is 1. The van der Waals surface area contributed by atoms with Gasteiger partial charge in [0.1, 0.15) is 11.6 Å². The van der Waals surface area contributed by atoms with E-state index >= 15 is 0 Å². The summed E-state index contributed by atoms with van der Waals surface area (Å²) < 4.78 is 49.4. The van der Waals surface area contributed by atoms with Gasteiger partial charge in [0.15, 0.2) is 5.13 Å². The van der Waals surface area contributed by atoms with Crippen molar-refractivity contribution in [2.75, 3.05) is 18.6 Å². The Morgan fingerprint density at radius 2 is 1.80 bits per heavy atom. The topological polar surface area (TPSA) is 79.7 Å². The zero-order valence-electron chi connectivity index (χ0n) is 25.4. The third-order valence-electron chi connectivity index (χ3n) is 7.56. The normalized spacial score (nSPS) is 13.4. The van der Waals surface area contributed by atoms with E-state index in [0.29, 0.717) is 23.0 Å². The molecule has 0 spiro atoms. The van der Waals surface area contributed by atoms with E-state index in [9.17, 15) is 12.8 Å². The number of methoxy groups -OCH3 is 1. The van der Waals surface area contributed by atoms with E-state index in [2.05, 4.69) is 10.8 Å². The number of halogens is 2. The second-order valence-corrected chi connectivity index (χ2v) is 14.0. The standard InChI is InChI=1S/C27H28ClFN2OS.C7H8O3S/c1-6-11-31(24(13-19-8-9-19)20-10-7-16(2)23(29)14-20)27-30-26(18(4)33-27)21-12-17(3)25(32-5)15-22(21)28;1-6-2-4-7(5-3-6)11(8,9)10/h1,7,10,12,14-15,19,24H,8-9,11,13H2,2-5H3;2-5H,1H3,(H,8,9,10). The molecule has 0 aliphatic heterocycles. The molecule has 1 saturated carbocycles. The summed E-state index contributed by atoms with van der Waals surface area (Å²) in [6.45, 7) is 8.05. The van der Waals surface area contributed by atoms with Crippen LogP contribution in [0.3, 0.4) is 0 Å². The first kappa shape index (κ1) is 33.5. The minimum Gasteiger partial charge on any atom is -0.496 e. The first-order chi connectivity index (χ1) is 20.8. The highest BCUT2D eigenvalue weighted by Gasteiger charge is 2.32. The van der Waals surface area contributed by atoms with Gasteiger partial charge >= 0.3 is 0 Å². The minimum absolute atomic E-state index is 0.0323. The molecule has 44 heavy (non-hydrogen) atoms. The Morgan fingerprint density at radius 1 is 1.11 bits per heavy atom. The fourth-order valence-corrected chi connectivity index (χ4v) is 6.56. The minimum atomic E-state index is -4.02. The van der Waals surface area contributed by atoms with Gasteiger partial charge in [0.2, 0.25) is 0 Å². The predicted molar refractivity (Wildman–Crippen MR) is 177 cm³/mol. The zero-order chi connectivity index (χ0) is 32.2. The van der Waals surface area contributed by atoms with Gasteiger partial charge in [0, 0.05) is 10.4 Å². The van der Waals surface area contributed by atoms with Crippen molar-refractivity contribution < 1.29 is 22.1 Å². The highest BCUT2D eigenvalue weighted by atomic mass is 35.5. The molecule has 1 N–H and O–H groups in total. The van der Waals surface area contributed by atoms with Gasteiger partial charge in [-0.2, -0.15) is 8.42 Å². The van der Waals surface area contributed by atoms with E-state index in [-0.39, 0.29) is 16.8 Å². The van der Waals surface area contributed by atoms with Crippen molar-refractivity contribution in [1.82, 2.24) is 4.98 Å². The van der Waals surface area contributed by atoms with Gasteiger partial charge in [0.05, 0.1) is 35.3 Å². The molecule has 1 unspecified atom stereocenters. The number of rotatable bonds is 9. The first-order valence-electron chi connectivity index (χ1n) is 14.1. The van der Waals surface area contributed by atoms with Crippen LogP contribution in [0.15, 0.2) is 59.5 Å². The largest absolute Gasteiger partial charge is 0.496 e. The van der Waals surface area contributed by atoms with Gasteiger partial charge in [-0.3, -0.25) is 4.55 Å². The fraction of sp³-hybridized carbons (Fsp3) is 0.324. The van der Waals surface area contributed by atoms with Crippen molar-refractivity contribution >= 4 is 38.2 Å². The van der Waals surface area contributed by atoms with Crippen molar-refractivity contribution in [2.45, 2.75) is 57.9 Å². The Kier molecular flexibility index (Phi) is 10.7. The lowest BCUT2D eigenvalue weighted by atomic mass is 9.98. The maximum atomic E-state index is 14.5. The highest BCUT2D eigenvalue weighted by molar-refractivity contribution is 7.85. The maximum absolute atomic E-state index is 14.5. The van der Waals surface area contributed by atoms with Gasteiger partial charge in [-0.05, 0) is 87.1 Å². The smallest absolute Gasteiger partial charge is 0.294 e. The lowest BCUT2D eigenvalue weighted by Gasteiger charge is -2.31. The summed E-state index contributed by atoms with van der Waals surface area (Å²) in [6.07, 6.45) is 9.13. The molecule has 1 fully saturated rings. The SMILES string of the molecule is C#CCN(c1nc(-c2cc(C)c(OC)cc2Cl)c(C)s1)C(CC1CC1)c1ccc(C)c(F)c1.Cc1ccc(S(=O)(=O)O)cc1. The van der Waals surface area contributed by atoms with E-state index < -0.39 is 10.1 Å². The average molecular weight is 655 g/mol. The van der Waals surface area contributed by atoms with Crippen LogP contribution in [0.2, 0.25) is 5.02 Å². The lowest BCUT2D eigenvalue weighted by Crippen LogP contribution is -2.29. The Morgan fingerprint density at radius 3 is 2.36 bits per heavy atom. The number of aryl methyl sites for hydroxylation is 4. The molecule has 5 rings (SSSR count). The van der Waals surface area contributed by atoms with Crippen LogP contribution < -0.4 is 9.64 Å². The molecule has 1 aromatic heterocycles. The summed E-state index contributed by atoms with van der Waals surface area (Å²) in [4.78, 5) is 8.13. The third-order valence-corrected chi connectivity index (χ3v) is 9.75. The number of hydrogen-bond acceptors (Lipinski definition) is 6. The van der Waals surface area contributed by atoms with Crippen LogP contribution in [0, 0.1) is 51.8 Å². The molecule has 0 bridgehead atoms. The van der Waals surface area contributed by atoms with Crippen LogP contribution >= 0.6 is 22.9 Å². The molecule has 3 aromatic carbocycles. The molecule has 0 saturated heterocycles. The molecule has 1 aliphatic rings. The van der Waals surface area contributed by atoms with Gasteiger partial charge in [-0.25, -0.2) is 9.37 Å². The van der Waals surface area contributed by atoms with Gasteiger partial charge in [0.25, 0.3) is 10.1 Å². The molecule has 1 aliphatic carbocycles. The molecular weight excluding hydrogens is 619 g/mol. The number of thiazole rings is 1. The van der Waals surface area contributed by atoms with Crippen LogP contribution in [0.5, 0.6) is 5.75 Å². The number of aromatic nitrogens is 1. The summed E-state index contributed by atoms with van der Waals surface area (Å²) >= 11 is 8.20. The van der Waals surface area contributed by atoms with E-state index in [0.717, 1.165) is 50.1 Å². The summed E-state index contributed by atoms with van der Waals surface area (Å²) in [6, 6.07) is 15.3. The van der Waals surface area contributed by atoms with E-state index in [1.54, 1.807) is 43.6 Å². The van der Waals surface area contributed by atoms with Crippen LogP contribution in [-0.4, -0.2) is 31.6 Å². The van der Waals surface area contributed by atoms with E-state index in [1.165, 1.54) is 25.0 Å². The summed E-state index contributed by atoms with van der Waals surface area (Å²) in [5.74, 6) is 3.99. The summed E-state index contributed by atoms with van der Waals surface area (Å²) in [7, 11) is -2.38. The van der Waals surface area contributed by atoms with Crippen LogP contribution in [-0.2, 0) is 10.1 Å². The van der Waals surface area contributed by atoms with Crippen molar-refractivity contribution in [2.24, 2.45) is 5.92 Å². The summed E-state index contributed by atoms with van der Waals surface area (Å²) in [5.41, 5.74) is 5.24. The third kappa shape index (κ3) is 8.19. The molecule has 0 radical (unpaired) electrons. The van der Waals surface area contributed by atoms with E-state index in [4.69, 9.17) is 32.3 Å². The number of benzene rings is 3. The van der Waals surface area contributed by atoms with Crippen LogP contribution in [0.25, 0.3) is 11.3 Å². The highest BCUT2D eigenvalue weighted by Crippen LogP contribution is 2.44. The monoisotopic (exact) mass is 654 g/mol. The van der Waals surface area contributed by atoms with Gasteiger partial charge in [-0.15, -0.1) is 17.8 Å². The molecule has 0 amide bonds. The lowest BCUT2D eigenvalue weighted by molar-refractivity contribution is 0.412. The Hall–Kier alpha value is -3.42. The van der Waals surface area contributed by atoms with Crippen LogP contribution in [0.4, 0.5) is 9.52 Å². The summed E-state index contributed by atoms with van der Waals surface area (Å²) in [5, 5.41) is 1.42. The predicted octanol–water partition coefficient (Wildman–Crippen LogP) is 8.76. The average Bonchev–Trinajstić information content (AvgIpc) is 3.72. The maximum Gasteiger partial charge on any atom is 0.294 e. The molecule has 232 valence electrons. The number of hydrogen-bond donors (Lipinski definition) is 1. The first-order valence-corrected chi connectivity index (χ1v) is 16.8. The van der Waals surface area contributed by atoms with Crippen molar-refractivity contribution in [3.63, 3.8) is 0 Å². The zero-order valence-corrected chi connectivity index (χ0v) is 27.8. The van der Waals surface area contributed by atoms with Crippen molar-refractivity contribution in [1.29, 1.82) is 0 Å². The Bertz CT molecular complexity index is 1780. The number of anilines is 1. The van der Waals surface area contributed by atoms with E-state index in [1.807, 2.05) is 45.0 Å². The van der Waals surface area contributed by atoms with Gasteiger partial charge in [-0.1, -0.05) is 60.2 Å². The molecule has 1 heterocycles. The van der Waals surface area contributed by atoms with Crippen LogP contribution in [0.1, 0.15) is 52.4 Å². The molecule has 4 aromatic rings. The second kappa shape index (κ2) is 14.1. The fourth-order valence-electron chi connectivity index (χ4n) is 4.87. The van der Waals surface area contributed by atoms with Gasteiger partial charge < -0.3 is 9.64 Å². The molecule has 10 heteroatoms. The molecule has 1 atom stereocenters.